The number of nitrogens with one attached hydrogen (secondary N) is 2. The molecule has 1 unspecified atom stereocenters. The maximum atomic E-state index is 11.2. The summed E-state index contributed by atoms with van der Waals surface area (Å²) in [6, 6.07) is 6.10. The van der Waals surface area contributed by atoms with Gasteiger partial charge in [0.1, 0.15) is 18.2 Å². The normalized spacial score (nSPS) is 11.7. The van der Waals surface area contributed by atoms with Crippen LogP contribution in [0.4, 0.5) is 11.9 Å². The standard InChI is InChI=1S/C18H25N5O2/c1-6-16-21-17(23-18(22-16)20-14(5)24)19-13(4)10-25-15-8-11(2)7-12(3)9-15/h7-9,13H,6,10H2,1-5H3,(H2,19,20,21,22,23,24). The molecule has 0 aliphatic rings. The Morgan fingerprint density at radius 3 is 2.36 bits per heavy atom. The second-order valence-electron chi connectivity index (χ2n) is 6.11. The number of hydrogen-bond donors (Lipinski definition) is 2. The topological polar surface area (TPSA) is 89.0 Å². The molecular formula is C18H25N5O2. The van der Waals surface area contributed by atoms with Crippen molar-refractivity contribution < 1.29 is 9.53 Å². The fraction of sp³-hybridized carbons (Fsp3) is 0.444. The molecule has 0 saturated heterocycles. The van der Waals surface area contributed by atoms with E-state index in [4.69, 9.17) is 4.74 Å². The molecule has 0 saturated carbocycles. The van der Waals surface area contributed by atoms with Crippen molar-refractivity contribution in [1.29, 1.82) is 0 Å². The number of ether oxygens (including phenoxy) is 1. The highest BCUT2D eigenvalue weighted by molar-refractivity contribution is 5.86. The number of anilines is 2. The van der Waals surface area contributed by atoms with Gasteiger partial charge in [-0.3, -0.25) is 10.1 Å². The van der Waals surface area contributed by atoms with Crippen LogP contribution in [0, 0.1) is 13.8 Å². The van der Waals surface area contributed by atoms with Crippen LogP contribution >= 0.6 is 0 Å². The van der Waals surface area contributed by atoms with E-state index in [-0.39, 0.29) is 17.9 Å². The first-order valence-corrected chi connectivity index (χ1v) is 8.36. The molecule has 7 heteroatoms. The molecule has 0 aliphatic heterocycles. The highest BCUT2D eigenvalue weighted by Crippen LogP contribution is 2.16. The number of benzene rings is 1. The first-order chi connectivity index (χ1) is 11.9. The summed E-state index contributed by atoms with van der Waals surface area (Å²) in [5.41, 5.74) is 2.33. The van der Waals surface area contributed by atoms with E-state index in [1.54, 1.807) is 0 Å². The number of carbonyl (C=O) groups is 1. The lowest BCUT2D eigenvalue weighted by molar-refractivity contribution is -0.114. The number of rotatable bonds is 7. The molecule has 2 rings (SSSR count). The van der Waals surface area contributed by atoms with Crippen LogP contribution in [-0.4, -0.2) is 33.5 Å². The number of amides is 1. The van der Waals surface area contributed by atoms with Gasteiger partial charge < -0.3 is 10.1 Å². The quantitative estimate of drug-likeness (QED) is 0.803. The van der Waals surface area contributed by atoms with Crippen LogP contribution in [0.2, 0.25) is 0 Å². The second-order valence-corrected chi connectivity index (χ2v) is 6.11. The number of aryl methyl sites for hydroxylation is 3. The van der Waals surface area contributed by atoms with Crippen molar-refractivity contribution in [2.45, 2.75) is 47.1 Å². The van der Waals surface area contributed by atoms with Crippen LogP contribution in [0.1, 0.15) is 37.7 Å². The number of hydrogen-bond acceptors (Lipinski definition) is 6. The third-order valence-corrected chi connectivity index (χ3v) is 3.36. The minimum Gasteiger partial charge on any atom is -0.491 e. The molecule has 1 heterocycles. The van der Waals surface area contributed by atoms with Crippen molar-refractivity contribution in [2.75, 3.05) is 17.2 Å². The average molecular weight is 343 g/mol. The first-order valence-electron chi connectivity index (χ1n) is 8.36. The zero-order valence-corrected chi connectivity index (χ0v) is 15.4. The molecule has 0 spiro atoms. The summed E-state index contributed by atoms with van der Waals surface area (Å²) < 4.78 is 5.85. The van der Waals surface area contributed by atoms with E-state index in [9.17, 15) is 4.79 Å². The van der Waals surface area contributed by atoms with Crippen molar-refractivity contribution in [3.05, 3.63) is 35.2 Å². The Balaban J connectivity index is 2.01. The van der Waals surface area contributed by atoms with E-state index in [0.717, 1.165) is 5.75 Å². The highest BCUT2D eigenvalue weighted by Gasteiger charge is 2.10. The molecule has 25 heavy (non-hydrogen) atoms. The van der Waals surface area contributed by atoms with Crippen molar-refractivity contribution >= 4 is 17.8 Å². The lowest BCUT2D eigenvalue weighted by atomic mass is 10.1. The number of aromatic nitrogens is 3. The van der Waals surface area contributed by atoms with Crippen LogP contribution in [0.15, 0.2) is 18.2 Å². The summed E-state index contributed by atoms with van der Waals surface area (Å²) in [7, 11) is 0. The Morgan fingerprint density at radius 2 is 1.76 bits per heavy atom. The maximum absolute atomic E-state index is 11.2. The van der Waals surface area contributed by atoms with Gasteiger partial charge >= 0.3 is 0 Å². The van der Waals surface area contributed by atoms with Crippen molar-refractivity contribution in [3.63, 3.8) is 0 Å². The molecule has 7 nitrogen and oxygen atoms in total. The summed E-state index contributed by atoms with van der Waals surface area (Å²) >= 11 is 0. The van der Waals surface area contributed by atoms with E-state index in [2.05, 4.69) is 31.7 Å². The predicted octanol–water partition coefficient (Wildman–Crippen LogP) is 2.89. The molecule has 0 radical (unpaired) electrons. The molecule has 1 atom stereocenters. The van der Waals surface area contributed by atoms with Gasteiger partial charge in [0.25, 0.3) is 0 Å². The first kappa shape index (κ1) is 18.6. The fourth-order valence-electron chi connectivity index (χ4n) is 2.36. The van der Waals surface area contributed by atoms with Crippen LogP contribution in [0.5, 0.6) is 5.75 Å². The van der Waals surface area contributed by atoms with E-state index < -0.39 is 0 Å². The molecule has 2 N–H and O–H groups in total. The van der Waals surface area contributed by atoms with Gasteiger partial charge in [-0.15, -0.1) is 0 Å². The average Bonchev–Trinajstić information content (AvgIpc) is 2.51. The molecule has 1 aromatic heterocycles. The lowest BCUT2D eigenvalue weighted by Crippen LogP contribution is -2.25. The van der Waals surface area contributed by atoms with Crippen molar-refractivity contribution in [3.8, 4) is 5.75 Å². The number of nitrogens with zero attached hydrogens (tertiary/aromatic N) is 3. The van der Waals surface area contributed by atoms with E-state index in [1.165, 1.54) is 18.1 Å². The maximum Gasteiger partial charge on any atom is 0.234 e. The van der Waals surface area contributed by atoms with E-state index >= 15 is 0 Å². The van der Waals surface area contributed by atoms with Gasteiger partial charge in [-0.1, -0.05) is 13.0 Å². The number of carbonyl (C=O) groups excluding carboxylic acids is 1. The van der Waals surface area contributed by atoms with Gasteiger partial charge in [0, 0.05) is 13.3 Å². The molecular weight excluding hydrogens is 318 g/mol. The zero-order chi connectivity index (χ0) is 18.4. The summed E-state index contributed by atoms with van der Waals surface area (Å²) in [6.45, 7) is 9.90. The zero-order valence-electron chi connectivity index (χ0n) is 15.4. The fourth-order valence-corrected chi connectivity index (χ4v) is 2.36. The lowest BCUT2D eigenvalue weighted by Gasteiger charge is -2.16. The Hall–Kier alpha value is -2.70. The molecule has 0 bridgehead atoms. The summed E-state index contributed by atoms with van der Waals surface area (Å²) in [6.07, 6.45) is 0.650. The SMILES string of the molecule is CCc1nc(NC(C)=O)nc(NC(C)COc2cc(C)cc(C)c2)n1. The van der Waals surface area contributed by atoms with E-state index in [1.807, 2.05) is 39.8 Å². The molecule has 134 valence electrons. The summed E-state index contributed by atoms with van der Waals surface area (Å²) in [4.78, 5) is 24.0. The Bertz CT molecular complexity index is 728. The Kier molecular flexibility index (Phi) is 6.27. The third-order valence-electron chi connectivity index (χ3n) is 3.36. The third kappa shape index (κ3) is 6.02. The molecule has 2 aromatic rings. The van der Waals surface area contributed by atoms with Gasteiger partial charge in [-0.2, -0.15) is 15.0 Å². The Morgan fingerprint density at radius 1 is 1.12 bits per heavy atom. The van der Waals surface area contributed by atoms with Gasteiger partial charge in [0.15, 0.2) is 0 Å². The van der Waals surface area contributed by atoms with Crippen LogP contribution in [-0.2, 0) is 11.2 Å². The monoisotopic (exact) mass is 343 g/mol. The molecule has 1 aromatic carbocycles. The van der Waals surface area contributed by atoms with Crippen molar-refractivity contribution in [2.24, 2.45) is 0 Å². The molecule has 0 fully saturated rings. The highest BCUT2D eigenvalue weighted by atomic mass is 16.5. The van der Waals surface area contributed by atoms with Gasteiger partial charge in [0.2, 0.25) is 17.8 Å². The van der Waals surface area contributed by atoms with Gasteiger partial charge in [0.05, 0.1) is 6.04 Å². The minimum atomic E-state index is -0.217. The predicted molar refractivity (Wildman–Crippen MR) is 98.0 cm³/mol. The molecule has 1 amide bonds. The minimum absolute atomic E-state index is 0.0156. The van der Waals surface area contributed by atoms with Crippen LogP contribution < -0.4 is 15.4 Å². The van der Waals surface area contributed by atoms with Crippen LogP contribution in [0.3, 0.4) is 0 Å². The Labute approximate surface area is 148 Å². The summed E-state index contributed by atoms with van der Waals surface area (Å²) in [5.74, 6) is 1.92. The van der Waals surface area contributed by atoms with Crippen LogP contribution in [0.25, 0.3) is 0 Å². The summed E-state index contributed by atoms with van der Waals surface area (Å²) in [5, 5.41) is 5.78. The largest absolute Gasteiger partial charge is 0.491 e. The van der Waals surface area contributed by atoms with Gasteiger partial charge in [-0.05, 0) is 44.0 Å². The van der Waals surface area contributed by atoms with E-state index in [0.29, 0.717) is 24.8 Å². The van der Waals surface area contributed by atoms with Crippen molar-refractivity contribution in [1.82, 2.24) is 15.0 Å². The smallest absolute Gasteiger partial charge is 0.234 e. The van der Waals surface area contributed by atoms with Gasteiger partial charge in [-0.25, -0.2) is 0 Å². The molecule has 0 aliphatic carbocycles. The second kappa shape index (κ2) is 8.41.